The minimum Gasteiger partial charge on any atom is -0.399 e. The molecule has 0 unspecified atom stereocenters. The van der Waals surface area contributed by atoms with Gasteiger partial charge in [0.25, 0.3) is 0 Å². The molecule has 0 atom stereocenters. The summed E-state index contributed by atoms with van der Waals surface area (Å²) in [6.07, 6.45) is 0. The average molecular weight is 162 g/mol. The molecule has 0 fully saturated rings. The fraction of sp³-hybridized carbons (Fsp3) is 0.300. The SMILES string of the molecule is CCN=C(C)c1ccc(N)cc1. The Kier molecular flexibility index (Phi) is 2.86. The number of benzene rings is 1. The first-order valence-electron chi connectivity index (χ1n) is 4.11. The number of nitrogens with two attached hydrogens (primary N) is 1. The van der Waals surface area contributed by atoms with Crippen LogP contribution in [0.4, 0.5) is 5.69 Å². The summed E-state index contributed by atoms with van der Waals surface area (Å²) in [5.41, 5.74) is 8.57. The maximum atomic E-state index is 5.56. The van der Waals surface area contributed by atoms with E-state index in [4.69, 9.17) is 5.73 Å². The molecular formula is C10H14N2. The molecule has 2 nitrogen and oxygen atoms in total. The van der Waals surface area contributed by atoms with E-state index in [9.17, 15) is 0 Å². The maximum Gasteiger partial charge on any atom is 0.0389 e. The van der Waals surface area contributed by atoms with Crippen LogP contribution in [0.2, 0.25) is 0 Å². The summed E-state index contributed by atoms with van der Waals surface area (Å²) < 4.78 is 0. The molecule has 64 valence electrons. The Morgan fingerprint density at radius 3 is 2.42 bits per heavy atom. The Labute approximate surface area is 73.1 Å². The lowest BCUT2D eigenvalue weighted by molar-refractivity contribution is 1.13. The third kappa shape index (κ3) is 2.09. The highest BCUT2D eigenvalue weighted by Gasteiger charge is 1.94. The largest absolute Gasteiger partial charge is 0.399 e. The second kappa shape index (κ2) is 3.90. The van der Waals surface area contributed by atoms with Crippen molar-refractivity contribution in [3.05, 3.63) is 29.8 Å². The van der Waals surface area contributed by atoms with Crippen LogP contribution in [0, 0.1) is 0 Å². The van der Waals surface area contributed by atoms with Gasteiger partial charge in [-0.15, -0.1) is 0 Å². The highest BCUT2D eigenvalue weighted by Crippen LogP contribution is 2.06. The summed E-state index contributed by atoms with van der Waals surface area (Å²) in [5.74, 6) is 0. The van der Waals surface area contributed by atoms with Crippen LogP contribution in [0.3, 0.4) is 0 Å². The van der Waals surface area contributed by atoms with Crippen LogP contribution in [-0.2, 0) is 0 Å². The van der Waals surface area contributed by atoms with E-state index in [-0.39, 0.29) is 0 Å². The van der Waals surface area contributed by atoms with Gasteiger partial charge in [0.2, 0.25) is 0 Å². The molecule has 0 radical (unpaired) electrons. The number of rotatable bonds is 2. The molecule has 2 heteroatoms. The van der Waals surface area contributed by atoms with Gasteiger partial charge in [0.15, 0.2) is 0 Å². The molecule has 0 saturated carbocycles. The minimum absolute atomic E-state index is 0.794. The Morgan fingerprint density at radius 2 is 1.92 bits per heavy atom. The molecule has 0 aliphatic carbocycles. The van der Waals surface area contributed by atoms with Gasteiger partial charge in [-0.2, -0.15) is 0 Å². The molecule has 0 aliphatic rings. The smallest absolute Gasteiger partial charge is 0.0389 e. The first-order valence-corrected chi connectivity index (χ1v) is 4.11. The Balaban J connectivity index is 2.89. The van der Waals surface area contributed by atoms with Gasteiger partial charge in [0, 0.05) is 17.9 Å². The van der Waals surface area contributed by atoms with Crippen LogP contribution in [0.25, 0.3) is 0 Å². The first kappa shape index (κ1) is 8.78. The molecule has 1 rings (SSSR count). The van der Waals surface area contributed by atoms with Crippen molar-refractivity contribution < 1.29 is 0 Å². The van der Waals surface area contributed by atoms with Crippen LogP contribution in [0.5, 0.6) is 0 Å². The Bertz CT molecular complexity index is 272. The van der Waals surface area contributed by atoms with Crippen LogP contribution < -0.4 is 5.73 Å². The second-order valence-corrected chi connectivity index (χ2v) is 2.68. The molecule has 0 saturated heterocycles. The first-order chi connectivity index (χ1) is 5.74. The van der Waals surface area contributed by atoms with E-state index in [1.165, 1.54) is 0 Å². The van der Waals surface area contributed by atoms with E-state index in [0.717, 1.165) is 23.5 Å². The molecule has 2 N–H and O–H groups in total. The molecular weight excluding hydrogens is 148 g/mol. The zero-order valence-electron chi connectivity index (χ0n) is 7.54. The van der Waals surface area contributed by atoms with Gasteiger partial charge in [-0.3, -0.25) is 4.99 Å². The topological polar surface area (TPSA) is 38.4 Å². The number of hydrogen-bond acceptors (Lipinski definition) is 2. The van der Waals surface area contributed by atoms with E-state index >= 15 is 0 Å². The number of hydrogen-bond donors (Lipinski definition) is 1. The quantitative estimate of drug-likeness (QED) is 0.525. The van der Waals surface area contributed by atoms with Crippen molar-refractivity contribution in [3.63, 3.8) is 0 Å². The molecule has 0 heterocycles. The summed E-state index contributed by atoms with van der Waals surface area (Å²) in [5, 5.41) is 0. The minimum atomic E-state index is 0.794. The van der Waals surface area contributed by atoms with Gasteiger partial charge in [0.1, 0.15) is 0 Å². The maximum absolute atomic E-state index is 5.56. The summed E-state index contributed by atoms with van der Waals surface area (Å²) in [7, 11) is 0. The van der Waals surface area contributed by atoms with E-state index < -0.39 is 0 Å². The molecule has 0 aromatic heterocycles. The van der Waals surface area contributed by atoms with Crippen LogP contribution >= 0.6 is 0 Å². The lowest BCUT2D eigenvalue weighted by atomic mass is 10.1. The number of nitrogen functional groups attached to an aromatic ring is 1. The second-order valence-electron chi connectivity index (χ2n) is 2.68. The predicted molar refractivity (Wildman–Crippen MR) is 53.6 cm³/mol. The van der Waals surface area contributed by atoms with Crippen molar-refractivity contribution in [3.8, 4) is 0 Å². The normalized spacial score (nSPS) is 11.7. The summed E-state index contributed by atoms with van der Waals surface area (Å²) in [6.45, 7) is 4.87. The number of aliphatic imine (C=N–C) groups is 1. The molecule has 0 spiro atoms. The van der Waals surface area contributed by atoms with Crippen LogP contribution in [0.15, 0.2) is 29.3 Å². The fourth-order valence-electron chi connectivity index (χ4n) is 1.05. The van der Waals surface area contributed by atoms with E-state index in [2.05, 4.69) is 4.99 Å². The molecule has 12 heavy (non-hydrogen) atoms. The molecule has 1 aromatic carbocycles. The van der Waals surface area contributed by atoms with Gasteiger partial charge in [-0.05, 0) is 31.5 Å². The molecule has 0 bridgehead atoms. The Morgan fingerprint density at radius 1 is 1.33 bits per heavy atom. The zero-order chi connectivity index (χ0) is 8.97. The van der Waals surface area contributed by atoms with Gasteiger partial charge in [-0.25, -0.2) is 0 Å². The number of anilines is 1. The van der Waals surface area contributed by atoms with Gasteiger partial charge >= 0.3 is 0 Å². The van der Waals surface area contributed by atoms with Crippen molar-refractivity contribution in [2.45, 2.75) is 13.8 Å². The third-order valence-corrected chi connectivity index (χ3v) is 1.72. The summed E-state index contributed by atoms with van der Waals surface area (Å²) in [4.78, 5) is 4.30. The van der Waals surface area contributed by atoms with Crippen LogP contribution in [-0.4, -0.2) is 12.3 Å². The van der Waals surface area contributed by atoms with Crippen molar-refractivity contribution >= 4 is 11.4 Å². The van der Waals surface area contributed by atoms with E-state index in [0.29, 0.717) is 0 Å². The van der Waals surface area contributed by atoms with E-state index in [1.807, 2.05) is 38.1 Å². The average Bonchev–Trinajstić information content (AvgIpc) is 2.06. The zero-order valence-corrected chi connectivity index (χ0v) is 7.54. The monoisotopic (exact) mass is 162 g/mol. The summed E-state index contributed by atoms with van der Waals surface area (Å²) in [6, 6.07) is 7.77. The highest BCUT2D eigenvalue weighted by atomic mass is 14.7. The van der Waals surface area contributed by atoms with Gasteiger partial charge < -0.3 is 5.73 Å². The van der Waals surface area contributed by atoms with E-state index in [1.54, 1.807) is 0 Å². The molecule has 0 aliphatic heterocycles. The van der Waals surface area contributed by atoms with Crippen molar-refractivity contribution in [1.82, 2.24) is 0 Å². The lowest BCUT2D eigenvalue weighted by Crippen LogP contribution is -1.95. The lowest BCUT2D eigenvalue weighted by Gasteiger charge is -1.99. The molecule has 0 amide bonds. The third-order valence-electron chi connectivity index (χ3n) is 1.72. The van der Waals surface area contributed by atoms with Crippen molar-refractivity contribution in [1.29, 1.82) is 0 Å². The standard InChI is InChI=1S/C10H14N2/c1-3-12-8(2)9-4-6-10(11)7-5-9/h4-7H,3,11H2,1-2H3. The number of nitrogens with zero attached hydrogens (tertiary/aromatic N) is 1. The summed E-state index contributed by atoms with van der Waals surface area (Å²) >= 11 is 0. The van der Waals surface area contributed by atoms with Gasteiger partial charge in [-0.1, -0.05) is 12.1 Å². The predicted octanol–water partition coefficient (Wildman–Crippen LogP) is 2.10. The van der Waals surface area contributed by atoms with Crippen molar-refractivity contribution in [2.24, 2.45) is 4.99 Å². The van der Waals surface area contributed by atoms with Gasteiger partial charge in [0.05, 0.1) is 0 Å². The molecule has 1 aromatic rings. The van der Waals surface area contributed by atoms with Crippen molar-refractivity contribution in [2.75, 3.05) is 12.3 Å². The highest BCUT2D eigenvalue weighted by molar-refractivity contribution is 5.98. The fourth-order valence-corrected chi connectivity index (χ4v) is 1.05. The van der Waals surface area contributed by atoms with Crippen LogP contribution in [0.1, 0.15) is 19.4 Å². The Hall–Kier alpha value is -1.31.